The van der Waals surface area contributed by atoms with Crippen LogP contribution in [0.3, 0.4) is 0 Å². The minimum Gasteiger partial charge on any atom is -0.358 e. The topological polar surface area (TPSA) is 58.4 Å². The lowest BCUT2D eigenvalue weighted by Crippen LogP contribution is -2.38. The lowest BCUT2D eigenvalue weighted by molar-refractivity contribution is -0.121. The number of amides is 1. The third-order valence-corrected chi connectivity index (χ3v) is 1.63. The average Bonchev–Trinajstić information content (AvgIpc) is 2.05. The van der Waals surface area contributed by atoms with Gasteiger partial charge in [-0.3, -0.25) is 9.69 Å². The Bertz CT molecular complexity index is 121. The summed E-state index contributed by atoms with van der Waals surface area (Å²) < 4.78 is 0. The predicted octanol–water partition coefficient (Wildman–Crippen LogP) is -0.597. The third kappa shape index (κ3) is 5.09. The Hall–Kier alpha value is -0.610. The van der Waals surface area contributed by atoms with Crippen LogP contribution in [0, 0.1) is 0 Å². The van der Waals surface area contributed by atoms with E-state index in [1.807, 2.05) is 0 Å². The van der Waals surface area contributed by atoms with Gasteiger partial charge in [-0.2, -0.15) is 0 Å². The molecule has 0 aromatic carbocycles. The second kappa shape index (κ2) is 7.06. The van der Waals surface area contributed by atoms with E-state index in [0.29, 0.717) is 13.1 Å². The zero-order valence-electron chi connectivity index (χ0n) is 7.97. The van der Waals surface area contributed by atoms with E-state index in [1.54, 1.807) is 7.05 Å². The molecule has 0 aliphatic carbocycles. The van der Waals surface area contributed by atoms with Gasteiger partial charge in [-0.25, -0.2) is 0 Å². The van der Waals surface area contributed by atoms with Crippen LogP contribution in [0.4, 0.5) is 0 Å². The fraction of sp³-hybridized carbons (Fsp3) is 0.875. The van der Waals surface area contributed by atoms with Crippen molar-refractivity contribution in [2.24, 2.45) is 5.73 Å². The largest absolute Gasteiger partial charge is 0.358 e. The van der Waals surface area contributed by atoms with Crippen LogP contribution in [-0.4, -0.2) is 44.0 Å². The molecule has 0 aliphatic heterocycles. The quantitative estimate of drug-likeness (QED) is 0.564. The lowest BCUT2D eigenvalue weighted by Gasteiger charge is -2.19. The SMILES string of the molecule is CCCN(CCN)CC(=O)NC. The van der Waals surface area contributed by atoms with Gasteiger partial charge in [0.25, 0.3) is 0 Å². The normalized spacial score (nSPS) is 10.3. The van der Waals surface area contributed by atoms with Crippen molar-refractivity contribution in [3.05, 3.63) is 0 Å². The molecule has 0 saturated heterocycles. The lowest BCUT2D eigenvalue weighted by atomic mass is 10.4. The standard InChI is InChI=1S/C8H19N3O/c1-3-5-11(6-4-9)7-8(12)10-2/h3-7,9H2,1-2H3,(H,10,12). The van der Waals surface area contributed by atoms with Gasteiger partial charge in [0, 0.05) is 20.1 Å². The first-order valence-corrected chi connectivity index (χ1v) is 4.37. The molecule has 3 N–H and O–H groups in total. The molecular weight excluding hydrogens is 154 g/mol. The van der Waals surface area contributed by atoms with E-state index in [2.05, 4.69) is 17.1 Å². The number of hydrogen-bond donors (Lipinski definition) is 2. The number of rotatable bonds is 6. The molecule has 0 radical (unpaired) electrons. The van der Waals surface area contributed by atoms with Gasteiger partial charge in [0.1, 0.15) is 0 Å². The van der Waals surface area contributed by atoms with Gasteiger partial charge >= 0.3 is 0 Å². The summed E-state index contributed by atoms with van der Waals surface area (Å²) in [6.07, 6.45) is 1.05. The van der Waals surface area contributed by atoms with Crippen molar-refractivity contribution in [2.75, 3.05) is 33.2 Å². The summed E-state index contributed by atoms with van der Waals surface area (Å²) >= 11 is 0. The molecule has 0 aromatic rings. The molecule has 0 unspecified atom stereocenters. The molecule has 4 nitrogen and oxygen atoms in total. The van der Waals surface area contributed by atoms with E-state index in [0.717, 1.165) is 19.5 Å². The molecule has 0 aliphatic rings. The van der Waals surface area contributed by atoms with Gasteiger partial charge in [-0.15, -0.1) is 0 Å². The monoisotopic (exact) mass is 173 g/mol. The van der Waals surface area contributed by atoms with Gasteiger partial charge in [0.2, 0.25) is 5.91 Å². The van der Waals surface area contributed by atoms with Crippen molar-refractivity contribution in [1.82, 2.24) is 10.2 Å². The maximum atomic E-state index is 11.0. The zero-order valence-corrected chi connectivity index (χ0v) is 7.97. The number of nitrogens with two attached hydrogens (primary N) is 1. The van der Waals surface area contributed by atoms with Gasteiger partial charge in [-0.05, 0) is 13.0 Å². The van der Waals surface area contributed by atoms with Gasteiger partial charge in [-0.1, -0.05) is 6.92 Å². The highest BCUT2D eigenvalue weighted by Crippen LogP contribution is 1.89. The van der Waals surface area contributed by atoms with Crippen LogP contribution >= 0.6 is 0 Å². The Kier molecular flexibility index (Phi) is 6.70. The van der Waals surface area contributed by atoms with Crippen molar-refractivity contribution < 1.29 is 4.79 Å². The molecule has 0 atom stereocenters. The third-order valence-electron chi connectivity index (χ3n) is 1.63. The first-order valence-electron chi connectivity index (χ1n) is 4.37. The fourth-order valence-corrected chi connectivity index (χ4v) is 1.05. The molecule has 1 amide bonds. The zero-order chi connectivity index (χ0) is 9.40. The summed E-state index contributed by atoms with van der Waals surface area (Å²) in [7, 11) is 1.65. The molecule has 0 bridgehead atoms. The summed E-state index contributed by atoms with van der Waals surface area (Å²) in [5, 5.41) is 2.59. The van der Waals surface area contributed by atoms with Crippen LogP contribution in [0.2, 0.25) is 0 Å². The molecule has 0 heterocycles. The van der Waals surface area contributed by atoms with Crippen LogP contribution in [0.5, 0.6) is 0 Å². The first-order chi connectivity index (χ1) is 5.74. The number of carbonyl (C=O) groups excluding carboxylic acids is 1. The van der Waals surface area contributed by atoms with Crippen LogP contribution in [-0.2, 0) is 4.79 Å². The minimum absolute atomic E-state index is 0.0527. The number of hydrogen-bond acceptors (Lipinski definition) is 3. The van der Waals surface area contributed by atoms with Crippen molar-refractivity contribution in [2.45, 2.75) is 13.3 Å². The highest BCUT2D eigenvalue weighted by atomic mass is 16.1. The summed E-state index contributed by atoms with van der Waals surface area (Å²) in [5.41, 5.74) is 5.40. The summed E-state index contributed by atoms with van der Waals surface area (Å²) in [5.74, 6) is 0.0527. The van der Waals surface area contributed by atoms with Crippen LogP contribution in [0.25, 0.3) is 0 Å². The van der Waals surface area contributed by atoms with Crippen molar-refractivity contribution in [1.29, 1.82) is 0 Å². The molecule has 72 valence electrons. The van der Waals surface area contributed by atoms with Crippen LogP contribution < -0.4 is 11.1 Å². The Morgan fingerprint density at radius 1 is 1.50 bits per heavy atom. The highest BCUT2D eigenvalue weighted by Gasteiger charge is 2.06. The summed E-state index contributed by atoms with van der Waals surface area (Å²) in [4.78, 5) is 13.0. The predicted molar refractivity (Wildman–Crippen MR) is 49.9 cm³/mol. The maximum absolute atomic E-state index is 11.0. The summed E-state index contributed by atoms with van der Waals surface area (Å²) in [6, 6.07) is 0. The molecule has 12 heavy (non-hydrogen) atoms. The van der Waals surface area contributed by atoms with E-state index < -0.39 is 0 Å². The summed E-state index contributed by atoms with van der Waals surface area (Å²) in [6.45, 7) is 4.89. The van der Waals surface area contributed by atoms with Crippen LogP contribution in [0.1, 0.15) is 13.3 Å². The average molecular weight is 173 g/mol. The van der Waals surface area contributed by atoms with Gasteiger partial charge in [0.05, 0.1) is 6.54 Å². The van der Waals surface area contributed by atoms with E-state index in [4.69, 9.17) is 5.73 Å². The van der Waals surface area contributed by atoms with Crippen LogP contribution in [0.15, 0.2) is 0 Å². The molecule has 0 saturated carbocycles. The molecule has 0 spiro atoms. The Balaban J connectivity index is 3.68. The Labute approximate surface area is 74.1 Å². The second-order valence-corrected chi connectivity index (χ2v) is 2.74. The van der Waals surface area contributed by atoms with E-state index in [-0.39, 0.29) is 5.91 Å². The van der Waals surface area contributed by atoms with E-state index in [9.17, 15) is 4.79 Å². The molecule has 4 heteroatoms. The number of likely N-dealkylation sites (N-methyl/N-ethyl adjacent to an activating group) is 1. The molecule has 0 aromatic heterocycles. The second-order valence-electron chi connectivity index (χ2n) is 2.74. The van der Waals surface area contributed by atoms with Gasteiger partial charge in [0.15, 0.2) is 0 Å². The van der Waals surface area contributed by atoms with Crippen molar-refractivity contribution >= 4 is 5.91 Å². The van der Waals surface area contributed by atoms with Crippen molar-refractivity contribution in [3.63, 3.8) is 0 Å². The molecular formula is C8H19N3O. The molecule has 0 rings (SSSR count). The number of nitrogens with zero attached hydrogens (tertiary/aromatic N) is 1. The minimum atomic E-state index is 0.0527. The number of nitrogens with one attached hydrogen (secondary N) is 1. The first kappa shape index (κ1) is 11.4. The highest BCUT2D eigenvalue weighted by molar-refractivity contribution is 5.77. The maximum Gasteiger partial charge on any atom is 0.233 e. The molecule has 0 fully saturated rings. The Morgan fingerprint density at radius 3 is 2.58 bits per heavy atom. The van der Waals surface area contributed by atoms with E-state index in [1.165, 1.54) is 0 Å². The van der Waals surface area contributed by atoms with Crippen molar-refractivity contribution in [3.8, 4) is 0 Å². The number of carbonyl (C=O) groups is 1. The Morgan fingerprint density at radius 2 is 2.17 bits per heavy atom. The van der Waals surface area contributed by atoms with Gasteiger partial charge < -0.3 is 11.1 Å². The smallest absolute Gasteiger partial charge is 0.233 e. The van der Waals surface area contributed by atoms with E-state index >= 15 is 0 Å². The fourth-order valence-electron chi connectivity index (χ4n) is 1.05.